The van der Waals surface area contributed by atoms with Crippen LogP contribution in [0.4, 0.5) is 10.8 Å². The number of aromatic nitrogens is 1. The summed E-state index contributed by atoms with van der Waals surface area (Å²) in [6.07, 6.45) is 4.82. The first-order valence-electron chi connectivity index (χ1n) is 11.8. The van der Waals surface area contributed by atoms with Crippen molar-refractivity contribution in [3.8, 4) is 0 Å². The molecule has 3 heterocycles. The summed E-state index contributed by atoms with van der Waals surface area (Å²) in [7, 11) is -3.64. The van der Waals surface area contributed by atoms with E-state index in [2.05, 4.69) is 14.8 Å². The van der Waals surface area contributed by atoms with Crippen molar-refractivity contribution in [3.05, 3.63) is 35.3 Å². The molecule has 4 rings (SSSR count). The van der Waals surface area contributed by atoms with Crippen LogP contribution in [0.3, 0.4) is 0 Å². The molecule has 0 radical (unpaired) electrons. The Morgan fingerprint density at radius 3 is 2.39 bits per heavy atom. The molecule has 8 nitrogen and oxygen atoms in total. The summed E-state index contributed by atoms with van der Waals surface area (Å²) in [4.78, 5) is 24.7. The molecule has 0 unspecified atom stereocenters. The standard InChI is InChI=1S/C23H33N5O3S2/c1-3-28(4-2)33(30,31)19-8-9-21(25-11-5-6-12-25)20(18-19)22(29)26-13-7-14-27(16-15-26)23-24-10-17-32-23/h8-10,17-18H,3-7,11-16H2,1-2H3. The zero-order valence-corrected chi connectivity index (χ0v) is 21.1. The second-order valence-corrected chi connectivity index (χ2v) is 11.2. The number of benzene rings is 1. The van der Waals surface area contributed by atoms with Gasteiger partial charge in [0.05, 0.1) is 10.5 Å². The molecule has 10 heteroatoms. The first-order chi connectivity index (χ1) is 16.0. The number of nitrogens with zero attached hydrogens (tertiary/aromatic N) is 5. The fourth-order valence-corrected chi connectivity index (χ4v) is 6.83. The molecule has 2 aliphatic heterocycles. The first-order valence-corrected chi connectivity index (χ1v) is 14.1. The second-order valence-electron chi connectivity index (χ2n) is 8.41. The van der Waals surface area contributed by atoms with Crippen LogP contribution < -0.4 is 9.80 Å². The zero-order chi connectivity index (χ0) is 23.4. The quantitative estimate of drug-likeness (QED) is 0.592. The lowest BCUT2D eigenvalue weighted by Gasteiger charge is -2.27. The molecule has 2 aliphatic rings. The second kappa shape index (κ2) is 10.4. The maximum Gasteiger partial charge on any atom is 0.256 e. The lowest BCUT2D eigenvalue weighted by Crippen LogP contribution is -2.36. The Morgan fingerprint density at radius 1 is 1.00 bits per heavy atom. The van der Waals surface area contributed by atoms with Gasteiger partial charge in [-0.3, -0.25) is 4.79 Å². The highest BCUT2D eigenvalue weighted by atomic mass is 32.2. The van der Waals surface area contributed by atoms with Crippen molar-refractivity contribution >= 4 is 38.1 Å². The minimum absolute atomic E-state index is 0.0884. The van der Waals surface area contributed by atoms with Crippen molar-refractivity contribution in [1.82, 2.24) is 14.2 Å². The number of rotatable bonds is 7. The van der Waals surface area contributed by atoms with Crippen LogP contribution in [-0.4, -0.2) is 80.9 Å². The predicted octanol–water partition coefficient (Wildman–Crippen LogP) is 3.13. The van der Waals surface area contributed by atoms with E-state index in [9.17, 15) is 13.2 Å². The summed E-state index contributed by atoms with van der Waals surface area (Å²) in [5.74, 6) is -0.0884. The molecule has 0 bridgehead atoms. The average molecular weight is 492 g/mol. The highest BCUT2D eigenvalue weighted by molar-refractivity contribution is 7.89. The topological polar surface area (TPSA) is 77.1 Å². The SMILES string of the molecule is CCN(CC)S(=O)(=O)c1ccc(N2CCCC2)c(C(=O)N2CCCN(c3nccs3)CC2)c1. The Hall–Kier alpha value is -2.17. The molecule has 2 aromatic rings. The van der Waals surface area contributed by atoms with Crippen molar-refractivity contribution in [2.24, 2.45) is 0 Å². The molecule has 1 aromatic carbocycles. The van der Waals surface area contributed by atoms with Gasteiger partial charge in [-0.15, -0.1) is 11.3 Å². The van der Waals surface area contributed by atoms with Crippen molar-refractivity contribution in [1.29, 1.82) is 0 Å². The molecule has 1 aromatic heterocycles. The number of thiazole rings is 1. The summed E-state index contributed by atoms with van der Waals surface area (Å²) < 4.78 is 27.8. The van der Waals surface area contributed by atoms with E-state index < -0.39 is 10.0 Å². The Labute approximate surface area is 200 Å². The van der Waals surface area contributed by atoms with Crippen molar-refractivity contribution in [2.45, 2.75) is 38.0 Å². The maximum atomic E-state index is 13.8. The molecule has 0 spiro atoms. The van der Waals surface area contributed by atoms with Gasteiger partial charge in [-0.1, -0.05) is 13.8 Å². The van der Waals surface area contributed by atoms with E-state index in [0.29, 0.717) is 31.7 Å². The normalized spacial score (nSPS) is 17.6. The molecular weight excluding hydrogens is 458 g/mol. The van der Waals surface area contributed by atoms with E-state index >= 15 is 0 Å². The van der Waals surface area contributed by atoms with E-state index in [0.717, 1.165) is 56.3 Å². The van der Waals surface area contributed by atoms with Gasteiger partial charge in [0, 0.05) is 69.6 Å². The Morgan fingerprint density at radius 2 is 1.73 bits per heavy atom. The third kappa shape index (κ3) is 5.02. The van der Waals surface area contributed by atoms with Crippen LogP contribution in [0, 0.1) is 0 Å². The molecule has 1 amide bonds. The summed E-state index contributed by atoms with van der Waals surface area (Å²) in [6, 6.07) is 5.09. The van der Waals surface area contributed by atoms with Crippen LogP contribution in [-0.2, 0) is 10.0 Å². The van der Waals surface area contributed by atoms with Gasteiger partial charge in [-0.25, -0.2) is 13.4 Å². The van der Waals surface area contributed by atoms with E-state index in [1.807, 2.05) is 30.2 Å². The number of carbonyl (C=O) groups is 1. The van der Waals surface area contributed by atoms with E-state index in [4.69, 9.17) is 0 Å². The summed E-state index contributed by atoms with van der Waals surface area (Å²) in [6.45, 7) is 9.04. The third-order valence-corrected chi connectivity index (χ3v) is 9.34. The lowest BCUT2D eigenvalue weighted by molar-refractivity contribution is 0.0767. The molecule has 0 N–H and O–H groups in total. The average Bonchev–Trinajstić information content (AvgIpc) is 3.50. The van der Waals surface area contributed by atoms with Crippen LogP contribution in [0.2, 0.25) is 0 Å². The fourth-order valence-electron chi connectivity index (χ4n) is 4.65. The number of anilines is 2. The molecular formula is C23H33N5O3S2. The maximum absolute atomic E-state index is 13.8. The van der Waals surface area contributed by atoms with Gasteiger partial charge in [0.25, 0.3) is 5.91 Å². The van der Waals surface area contributed by atoms with Crippen molar-refractivity contribution < 1.29 is 13.2 Å². The van der Waals surface area contributed by atoms with Crippen molar-refractivity contribution in [2.75, 3.05) is 62.2 Å². The van der Waals surface area contributed by atoms with Crippen molar-refractivity contribution in [3.63, 3.8) is 0 Å². The molecule has 0 atom stereocenters. The largest absolute Gasteiger partial charge is 0.371 e. The Balaban J connectivity index is 1.64. The fraction of sp³-hybridized carbons (Fsp3) is 0.565. The van der Waals surface area contributed by atoms with Gasteiger partial charge in [-0.2, -0.15) is 4.31 Å². The van der Waals surface area contributed by atoms with Crippen LogP contribution in [0.15, 0.2) is 34.7 Å². The van der Waals surface area contributed by atoms with Gasteiger partial charge < -0.3 is 14.7 Å². The smallest absolute Gasteiger partial charge is 0.256 e. The van der Waals surface area contributed by atoms with Crippen LogP contribution in [0.1, 0.15) is 43.5 Å². The van der Waals surface area contributed by atoms with Gasteiger partial charge in [-0.05, 0) is 37.5 Å². The Bertz CT molecular complexity index is 1050. The number of amides is 1. The molecule has 2 fully saturated rings. The van der Waals surface area contributed by atoms with E-state index in [-0.39, 0.29) is 10.8 Å². The molecule has 180 valence electrons. The number of hydrogen-bond donors (Lipinski definition) is 0. The van der Waals surface area contributed by atoms with Gasteiger partial charge in [0.15, 0.2) is 5.13 Å². The van der Waals surface area contributed by atoms with Crippen LogP contribution in [0.5, 0.6) is 0 Å². The van der Waals surface area contributed by atoms with Gasteiger partial charge >= 0.3 is 0 Å². The van der Waals surface area contributed by atoms with E-state index in [1.54, 1.807) is 29.7 Å². The van der Waals surface area contributed by atoms with Crippen LogP contribution >= 0.6 is 11.3 Å². The highest BCUT2D eigenvalue weighted by Crippen LogP contribution is 2.30. The minimum Gasteiger partial charge on any atom is -0.371 e. The number of hydrogen-bond acceptors (Lipinski definition) is 7. The highest BCUT2D eigenvalue weighted by Gasteiger charge is 2.29. The zero-order valence-electron chi connectivity index (χ0n) is 19.4. The lowest BCUT2D eigenvalue weighted by atomic mass is 10.1. The predicted molar refractivity (Wildman–Crippen MR) is 133 cm³/mol. The van der Waals surface area contributed by atoms with Crippen LogP contribution in [0.25, 0.3) is 0 Å². The van der Waals surface area contributed by atoms with Gasteiger partial charge in [0.1, 0.15) is 0 Å². The number of carbonyl (C=O) groups excluding carboxylic acids is 1. The first kappa shape index (κ1) is 24.0. The molecule has 0 aliphatic carbocycles. The van der Waals surface area contributed by atoms with E-state index in [1.165, 1.54) is 4.31 Å². The summed E-state index contributed by atoms with van der Waals surface area (Å²) in [5.41, 5.74) is 1.34. The molecule has 33 heavy (non-hydrogen) atoms. The summed E-state index contributed by atoms with van der Waals surface area (Å²) >= 11 is 1.61. The summed E-state index contributed by atoms with van der Waals surface area (Å²) in [5, 5.41) is 2.95. The molecule has 0 saturated carbocycles. The number of sulfonamides is 1. The molecule has 2 saturated heterocycles. The monoisotopic (exact) mass is 491 g/mol. The third-order valence-electron chi connectivity index (χ3n) is 6.46. The van der Waals surface area contributed by atoms with Gasteiger partial charge in [0.2, 0.25) is 10.0 Å². The minimum atomic E-state index is -3.64. The Kier molecular flexibility index (Phi) is 7.55.